The zero-order valence-corrected chi connectivity index (χ0v) is 21.3. The smallest absolute Gasteiger partial charge is 0.360 e. The highest BCUT2D eigenvalue weighted by molar-refractivity contribution is 7.22. The van der Waals surface area contributed by atoms with Gasteiger partial charge in [0.05, 0.1) is 7.11 Å². The van der Waals surface area contributed by atoms with E-state index >= 15 is 0 Å². The lowest BCUT2D eigenvalue weighted by Gasteiger charge is -2.36. The molecule has 1 aromatic rings. The molecule has 0 bridgehead atoms. The molecule has 0 N–H and O–H groups in total. The maximum atomic E-state index is 11.0. The number of oxazole rings is 1. The first-order chi connectivity index (χ1) is 13.5. The standard InChI is InChI=1S/C9H21ClSi.C9H13NO3.C4H5N/c1-7(2)11(10,8(3)4)9(5)6;1-4-6(2)8-10-7(5-13-8)9(11)12-3;1-2-4-5-3-1/h7-9H,1-6H3;5-6H,4H2,1-3H3;1,3-4H,2H2. The van der Waals surface area contributed by atoms with E-state index in [-0.39, 0.29) is 11.6 Å². The number of hydrogen-bond donors (Lipinski definition) is 0. The molecule has 0 aliphatic carbocycles. The van der Waals surface area contributed by atoms with Crippen LogP contribution in [0.1, 0.15) is 90.5 Å². The molecule has 1 aromatic heterocycles. The third kappa shape index (κ3) is 8.87. The third-order valence-corrected chi connectivity index (χ3v) is 14.4. The van der Waals surface area contributed by atoms with Gasteiger partial charge in [-0.1, -0.05) is 61.5 Å². The highest BCUT2D eigenvalue weighted by Crippen LogP contribution is 2.44. The molecule has 0 fully saturated rings. The fraction of sp³-hybridized carbons (Fsp3) is 0.682. The number of rotatable bonds is 6. The minimum Gasteiger partial charge on any atom is -0.464 e. The summed E-state index contributed by atoms with van der Waals surface area (Å²) < 4.78 is 9.63. The van der Waals surface area contributed by atoms with Crippen LogP contribution in [-0.4, -0.2) is 31.7 Å². The van der Waals surface area contributed by atoms with Crippen molar-refractivity contribution < 1.29 is 13.9 Å². The summed E-state index contributed by atoms with van der Waals surface area (Å²) >= 11 is 6.68. The van der Waals surface area contributed by atoms with Crippen LogP contribution in [0.5, 0.6) is 0 Å². The zero-order valence-electron chi connectivity index (χ0n) is 19.5. The van der Waals surface area contributed by atoms with Crippen LogP contribution in [0.2, 0.25) is 16.6 Å². The fourth-order valence-electron chi connectivity index (χ4n) is 3.19. The highest BCUT2D eigenvalue weighted by atomic mass is 35.6. The van der Waals surface area contributed by atoms with Crippen LogP contribution in [0.3, 0.4) is 0 Å². The molecule has 1 aliphatic heterocycles. The Balaban J connectivity index is 0.000000441. The summed E-state index contributed by atoms with van der Waals surface area (Å²) in [5, 5.41) is 0. The lowest BCUT2D eigenvalue weighted by molar-refractivity contribution is 0.0594. The van der Waals surface area contributed by atoms with Crippen molar-refractivity contribution in [1.29, 1.82) is 0 Å². The molecule has 0 amide bonds. The molecule has 0 saturated heterocycles. The fourth-order valence-corrected chi connectivity index (χ4v) is 7.19. The number of ether oxygens (including phenoxy) is 1. The third-order valence-electron chi connectivity index (χ3n) is 5.14. The van der Waals surface area contributed by atoms with E-state index in [1.165, 1.54) is 13.4 Å². The summed E-state index contributed by atoms with van der Waals surface area (Å²) in [6.45, 7) is 17.6. The van der Waals surface area contributed by atoms with Crippen LogP contribution in [0.15, 0.2) is 27.9 Å². The molecule has 1 unspecified atom stereocenters. The van der Waals surface area contributed by atoms with E-state index in [1.807, 2.05) is 26.1 Å². The second-order valence-electron chi connectivity index (χ2n) is 8.12. The molecule has 1 aliphatic rings. The van der Waals surface area contributed by atoms with Crippen molar-refractivity contribution in [1.82, 2.24) is 4.98 Å². The predicted molar refractivity (Wildman–Crippen MR) is 126 cm³/mol. The van der Waals surface area contributed by atoms with E-state index in [0.717, 1.165) is 12.8 Å². The molecule has 0 aromatic carbocycles. The molecule has 29 heavy (non-hydrogen) atoms. The molecule has 166 valence electrons. The first-order valence-corrected chi connectivity index (χ1v) is 13.7. The van der Waals surface area contributed by atoms with Gasteiger partial charge in [0.25, 0.3) is 0 Å². The average Bonchev–Trinajstić information content (AvgIpc) is 3.40. The Bertz CT molecular complexity index is 622. The van der Waals surface area contributed by atoms with Gasteiger partial charge in [0.2, 0.25) is 0 Å². The number of carbonyl (C=O) groups is 1. The van der Waals surface area contributed by atoms with E-state index in [9.17, 15) is 4.79 Å². The summed E-state index contributed by atoms with van der Waals surface area (Å²) in [4.78, 5) is 18.8. The second kappa shape index (κ2) is 13.8. The van der Waals surface area contributed by atoms with Gasteiger partial charge in [-0.25, -0.2) is 9.78 Å². The minimum atomic E-state index is -1.51. The predicted octanol–water partition coefficient (Wildman–Crippen LogP) is 7.35. The normalized spacial score (nSPS) is 13.8. The van der Waals surface area contributed by atoms with Gasteiger partial charge in [0.15, 0.2) is 19.0 Å². The summed E-state index contributed by atoms with van der Waals surface area (Å²) in [5.41, 5.74) is 2.29. The number of hydrogen-bond acceptors (Lipinski definition) is 5. The van der Waals surface area contributed by atoms with Crippen LogP contribution in [0, 0.1) is 0 Å². The first-order valence-electron chi connectivity index (χ1n) is 10.4. The Kier molecular flexibility index (Phi) is 13.1. The summed E-state index contributed by atoms with van der Waals surface area (Å²) in [6, 6.07) is 0. The molecular formula is C22H39ClN2O3Si. The maximum absolute atomic E-state index is 11.0. The van der Waals surface area contributed by atoms with E-state index in [4.69, 9.17) is 15.5 Å². The second-order valence-corrected chi connectivity index (χ2v) is 15.2. The molecule has 1 atom stereocenters. The van der Waals surface area contributed by atoms with Gasteiger partial charge in [-0.2, -0.15) is 11.1 Å². The quantitative estimate of drug-likeness (QED) is 0.262. The van der Waals surface area contributed by atoms with E-state index < -0.39 is 13.4 Å². The van der Waals surface area contributed by atoms with Crippen molar-refractivity contribution in [3.8, 4) is 0 Å². The molecule has 0 spiro atoms. The van der Waals surface area contributed by atoms with E-state index in [0.29, 0.717) is 22.5 Å². The van der Waals surface area contributed by atoms with Crippen LogP contribution in [0.25, 0.3) is 0 Å². The number of aromatic nitrogens is 1. The van der Waals surface area contributed by atoms with Crippen LogP contribution >= 0.6 is 11.1 Å². The van der Waals surface area contributed by atoms with E-state index in [2.05, 4.69) is 56.3 Å². The van der Waals surface area contributed by atoms with Crippen molar-refractivity contribution in [3.05, 3.63) is 30.1 Å². The summed E-state index contributed by atoms with van der Waals surface area (Å²) in [6.07, 6.45) is 8.98. The van der Waals surface area contributed by atoms with Gasteiger partial charge in [0.1, 0.15) is 6.26 Å². The van der Waals surface area contributed by atoms with Gasteiger partial charge < -0.3 is 9.15 Å². The minimum absolute atomic E-state index is 0.234. The van der Waals surface area contributed by atoms with Crippen molar-refractivity contribution in [2.45, 2.75) is 90.8 Å². The highest BCUT2D eigenvalue weighted by Gasteiger charge is 2.41. The zero-order chi connectivity index (χ0) is 22.6. The molecule has 2 heterocycles. The summed E-state index contributed by atoms with van der Waals surface area (Å²) in [5.74, 6) is 0.361. The van der Waals surface area contributed by atoms with Crippen molar-refractivity contribution in [3.63, 3.8) is 0 Å². The Morgan fingerprint density at radius 1 is 1.17 bits per heavy atom. The first kappa shape index (κ1) is 27.6. The number of aliphatic imine (C=N–C) groups is 1. The maximum Gasteiger partial charge on any atom is 0.360 e. The lowest BCUT2D eigenvalue weighted by atomic mass is 10.1. The van der Waals surface area contributed by atoms with Gasteiger partial charge in [-0.3, -0.25) is 4.99 Å². The SMILES string of the molecule is C1=CN=CC1.CC(C)[Si](Cl)(C(C)C)C(C)C.CCC(C)c1nc(C(=O)OC)co1. The number of carbonyl (C=O) groups excluding carboxylic acids is 1. The van der Waals surface area contributed by atoms with Crippen LogP contribution in [-0.2, 0) is 4.74 Å². The number of esters is 1. The monoisotopic (exact) mass is 442 g/mol. The number of nitrogens with zero attached hydrogens (tertiary/aromatic N) is 2. The molecule has 2 rings (SSSR count). The molecule has 0 radical (unpaired) electrons. The van der Waals surface area contributed by atoms with Crippen molar-refractivity contribution in [2.75, 3.05) is 7.11 Å². The van der Waals surface area contributed by atoms with Gasteiger partial charge in [-0.15, -0.1) is 0 Å². The Morgan fingerprint density at radius 3 is 2.00 bits per heavy atom. The largest absolute Gasteiger partial charge is 0.464 e. The lowest BCUT2D eigenvalue weighted by Crippen LogP contribution is -2.37. The van der Waals surface area contributed by atoms with Crippen LogP contribution < -0.4 is 0 Å². The molecule has 7 heteroatoms. The number of allylic oxidation sites excluding steroid dienone is 1. The number of halogens is 1. The van der Waals surface area contributed by atoms with Gasteiger partial charge >= 0.3 is 5.97 Å². The number of methoxy groups -OCH3 is 1. The molecular weight excluding hydrogens is 404 g/mol. The molecule has 5 nitrogen and oxygen atoms in total. The Hall–Kier alpha value is -1.40. The Morgan fingerprint density at radius 2 is 1.72 bits per heavy atom. The van der Waals surface area contributed by atoms with Gasteiger partial charge in [0, 0.05) is 24.8 Å². The summed E-state index contributed by atoms with van der Waals surface area (Å²) in [7, 11) is -0.190. The van der Waals surface area contributed by atoms with Crippen LogP contribution in [0.4, 0.5) is 0 Å². The van der Waals surface area contributed by atoms with Crippen molar-refractivity contribution in [2.24, 2.45) is 4.99 Å². The van der Waals surface area contributed by atoms with Crippen molar-refractivity contribution >= 4 is 30.6 Å². The average molecular weight is 443 g/mol. The van der Waals surface area contributed by atoms with E-state index in [1.54, 1.807) is 6.20 Å². The van der Waals surface area contributed by atoms with Gasteiger partial charge in [-0.05, 0) is 23.0 Å². The molecule has 0 saturated carbocycles. The topological polar surface area (TPSA) is 64.7 Å². The Labute approximate surface area is 182 Å².